The van der Waals surface area contributed by atoms with Gasteiger partial charge in [-0.25, -0.2) is 4.85 Å². The fraction of sp³-hybridized carbons (Fsp3) is 0.304. The van der Waals surface area contributed by atoms with Crippen molar-refractivity contribution in [3.8, 4) is 11.8 Å². The van der Waals surface area contributed by atoms with Gasteiger partial charge in [-0.1, -0.05) is 29.8 Å². The molecule has 7 nitrogen and oxygen atoms in total. The van der Waals surface area contributed by atoms with Gasteiger partial charge in [0.25, 0.3) is 0 Å². The maximum absolute atomic E-state index is 9.16. The highest BCUT2D eigenvalue weighted by atomic mass is 35.5. The Bertz CT molecular complexity index is 1200. The summed E-state index contributed by atoms with van der Waals surface area (Å²) in [6.45, 7) is 9.42. The fourth-order valence-corrected chi connectivity index (χ4v) is 4.07. The molecule has 0 spiro atoms. The predicted molar refractivity (Wildman–Crippen MR) is 129 cm³/mol. The zero-order chi connectivity index (χ0) is 21.8. The normalized spacial score (nSPS) is 13.7. The van der Waals surface area contributed by atoms with Gasteiger partial charge >= 0.3 is 0 Å². The number of hydrogen-bond acceptors (Lipinski definition) is 6. The summed E-state index contributed by atoms with van der Waals surface area (Å²) in [4.78, 5) is 5.74. The van der Waals surface area contributed by atoms with E-state index in [0.29, 0.717) is 28.8 Å². The van der Waals surface area contributed by atoms with Crippen molar-refractivity contribution in [1.29, 1.82) is 5.26 Å². The zero-order valence-electron chi connectivity index (χ0n) is 17.5. The first-order valence-electron chi connectivity index (χ1n) is 10.0. The number of aromatic nitrogens is 2. The van der Waals surface area contributed by atoms with Gasteiger partial charge in [0.2, 0.25) is 0 Å². The Morgan fingerprint density at radius 3 is 2.66 bits per heavy atom. The molecule has 3 aromatic rings. The average molecular weight is 469 g/mol. The maximum atomic E-state index is 9.16. The van der Waals surface area contributed by atoms with Crippen LogP contribution in [0.4, 0.5) is 17.3 Å². The summed E-state index contributed by atoms with van der Waals surface area (Å²) < 4.78 is 5.21. The van der Waals surface area contributed by atoms with Crippen molar-refractivity contribution in [2.75, 3.05) is 30.4 Å². The Balaban J connectivity index is 0.00000289. The first-order chi connectivity index (χ1) is 15.1. The molecule has 9 heteroatoms. The summed E-state index contributed by atoms with van der Waals surface area (Å²) in [6, 6.07) is 13.5. The number of halogens is 2. The molecular formula is C23H22Cl2N6O. The monoisotopic (exact) mass is 468 g/mol. The number of fused-ring (bicyclic) bond motifs is 1. The topological polar surface area (TPSA) is 78.4 Å². The summed E-state index contributed by atoms with van der Waals surface area (Å²) in [5, 5.41) is 23.8. The Morgan fingerprint density at radius 2 is 2.00 bits per heavy atom. The molecule has 1 aliphatic heterocycles. The van der Waals surface area contributed by atoms with Gasteiger partial charge in [-0.2, -0.15) is 5.26 Å². The summed E-state index contributed by atoms with van der Waals surface area (Å²) in [5.41, 5.74) is 1.52. The molecule has 1 N–H and O–H groups in total. The zero-order valence-corrected chi connectivity index (χ0v) is 19.1. The van der Waals surface area contributed by atoms with Crippen LogP contribution in [0.25, 0.3) is 15.6 Å². The largest absolute Gasteiger partial charge is 0.495 e. The summed E-state index contributed by atoms with van der Waals surface area (Å²) in [7, 11) is 1.58. The minimum absolute atomic E-state index is 0. The number of anilines is 2. The summed E-state index contributed by atoms with van der Waals surface area (Å²) >= 11 is 6.23. The van der Waals surface area contributed by atoms with Crippen LogP contribution in [0.1, 0.15) is 18.4 Å². The van der Waals surface area contributed by atoms with Crippen LogP contribution in [0, 0.1) is 23.8 Å². The molecule has 0 bridgehead atoms. The lowest BCUT2D eigenvalue weighted by atomic mass is 9.98. The van der Waals surface area contributed by atoms with Crippen LogP contribution in [0.5, 0.6) is 5.75 Å². The van der Waals surface area contributed by atoms with E-state index in [1.54, 1.807) is 13.2 Å². The van der Waals surface area contributed by atoms with Crippen molar-refractivity contribution < 1.29 is 4.74 Å². The number of nitrogens with zero attached hydrogens (tertiary/aromatic N) is 5. The predicted octanol–water partition coefficient (Wildman–Crippen LogP) is 5.62. The fourth-order valence-electron chi connectivity index (χ4n) is 3.79. The van der Waals surface area contributed by atoms with Crippen LogP contribution in [0.2, 0.25) is 5.02 Å². The van der Waals surface area contributed by atoms with E-state index in [2.05, 4.69) is 31.3 Å². The standard InChI is InChI=1S/C23H21ClN6O.ClH/c1-26-17-4-5-18-19(12-17)22(27-14-16-3-6-21(31-2)20(24)11-16)28-29-23(18)30-9-7-15(13-25)8-10-30;/h3-6,11-12,15H,7-10,14H2,2H3,(H,27,28);1H. The van der Waals surface area contributed by atoms with E-state index in [9.17, 15) is 0 Å². The molecular weight excluding hydrogens is 447 g/mol. The Morgan fingerprint density at radius 1 is 1.22 bits per heavy atom. The van der Waals surface area contributed by atoms with E-state index in [-0.39, 0.29) is 18.3 Å². The molecule has 1 aromatic heterocycles. The van der Waals surface area contributed by atoms with Crippen LogP contribution in [0.3, 0.4) is 0 Å². The molecule has 1 aliphatic rings. The minimum atomic E-state index is 0. The third-order valence-electron chi connectivity index (χ3n) is 5.53. The molecule has 2 aromatic carbocycles. The molecule has 0 aliphatic carbocycles. The number of piperidine rings is 1. The number of methoxy groups -OCH3 is 1. The van der Waals surface area contributed by atoms with Crippen molar-refractivity contribution in [2.24, 2.45) is 5.92 Å². The van der Waals surface area contributed by atoms with Gasteiger partial charge in [0.05, 0.1) is 24.8 Å². The lowest BCUT2D eigenvalue weighted by Crippen LogP contribution is -2.34. The molecule has 164 valence electrons. The Kier molecular flexibility index (Phi) is 7.58. The number of nitrogens with one attached hydrogen (secondary N) is 1. The highest BCUT2D eigenvalue weighted by Gasteiger charge is 2.22. The Hall–Kier alpha value is -3.26. The van der Waals surface area contributed by atoms with Gasteiger partial charge in [0, 0.05) is 36.3 Å². The van der Waals surface area contributed by atoms with Crippen molar-refractivity contribution >= 4 is 52.1 Å². The minimum Gasteiger partial charge on any atom is -0.495 e. The summed E-state index contributed by atoms with van der Waals surface area (Å²) in [6.07, 6.45) is 1.64. The van der Waals surface area contributed by atoms with Crippen molar-refractivity contribution in [3.63, 3.8) is 0 Å². The molecule has 0 amide bonds. The lowest BCUT2D eigenvalue weighted by molar-refractivity contribution is 0.415. The number of nitriles is 1. The molecule has 32 heavy (non-hydrogen) atoms. The van der Waals surface area contributed by atoms with E-state index in [1.807, 2.05) is 30.3 Å². The van der Waals surface area contributed by atoms with Crippen LogP contribution in [-0.4, -0.2) is 30.4 Å². The van der Waals surface area contributed by atoms with Crippen LogP contribution >= 0.6 is 24.0 Å². The molecule has 1 fully saturated rings. The highest BCUT2D eigenvalue weighted by molar-refractivity contribution is 6.32. The van der Waals surface area contributed by atoms with Crippen molar-refractivity contribution in [2.45, 2.75) is 19.4 Å². The van der Waals surface area contributed by atoms with E-state index in [1.165, 1.54) is 0 Å². The molecule has 0 atom stereocenters. The second-order valence-corrected chi connectivity index (χ2v) is 7.83. The van der Waals surface area contributed by atoms with E-state index in [4.69, 9.17) is 28.2 Å². The van der Waals surface area contributed by atoms with E-state index >= 15 is 0 Å². The lowest BCUT2D eigenvalue weighted by Gasteiger charge is -2.30. The number of hydrogen-bond donors (Lipinski definition) is 1. The molecule has 0 unspecified atom stereocenters. The smallest absolute Gasteiger partial charge is 0.188 e. The van der Waals surface area contributed by atoms with Crippen LogP contribution in [-0.2, 0) is 6.54 Å². The molecule has 1 saturated heterocycles. The molecule has 0 radical (unpaired) electrons. The number of ether oxygens (including phenoxy) is 1. The van der Waals surface area contributed by atoms with Crippen molar-refractivity contribution in [3.05, 3.63) is 58.4 Å². The van der Waals surface area contributed by atoms with Gasteiger partial charge in [-0.3, -0.25) is 0 Å². The maximum Gasteiger partial charge on any atom is 0.188 e. The van der Waals surface area contributed by atoms with Gasteiger partial charge in [0.15, 0.2) is 17.3 Å². The van der Waals surface area contributed by atoms with E-state index in [0.717, 1.165) is 48.1 Å². The van der Waals surface area contributed by atoms with Crippen LogP contribution in [0.15, 0.2) is 36.4 Å². The number of benzene rings is 2. The second kappa shape index (κ2) is 10.4. The average Bonchev–Trinajstić information content (AvgIpc) is 2.82. The molecule has 4 rings (SSSR count). The quantitative estimate of drug-likeness (QED) is 0.489. The van der Waals surface area contributed by atoms with E-state index < -0.39 is 0 Å². The first kappa shape index (κ1) is 23.4. The highest BCUT2D eigenvalue weighted by Crippen LogP contribution is 2.34. The van der Waals surface area contributed by atoms with Gasteiger partial charge in [-0.15, -0.1) is 22.6 Å². The molecule has 2 heterocycles. The van der Waals surface area contributed by atoms with Gasteiger partial charge < -0.3 is 15.0 Å². The summed E-state index contributed by atoms with van der Waals surface area (Å²) in [5.74, 6) is 2.13. The third-order valence-corrected chi connectivity index (χ3v) is 5.82. The van der Waals surface area contributed by atoms with Gasteiger partial charge in [-0.05, 0) is 36.6 Å². The number of rotatable bonds is 5. The molecule has 0 saturated carbocycles. The van der Waals surface area contributed by atoms with Gasteiger partial charge in [0.1, 0.15) is 5.75 Å². The first-order valence-corrected chi connectivity index (χ1v) is 10.4. The second-order valence-electron chi connectivity index (χ2n) is 7.43. The van der Waals surface area contributed by atoms with Crippen molar-refractivity contribution in [1.82, 2.24) is 10.2 Å². The van der Waals surface area contributed by atoms with Crippen LogP contribution < -0.4 is 15.0 Å². The Labute approximate surface area is 198 Å². The SMILES string of the molecule is Cl.[C-]#[N+]c1ccc2c(N3CCC(C#N)CC3)nnc(NCc3ccc(OC)c(Cl)c3)c2c1. The third kappa shape index (κ3) is 4.80.